The van der Waals surface area contributed by atoms with Gasteiger partial charge in [0.15, 0.2) is 17.2 Å². The molecular formula is C23H26N3O3+. The molecule has 0 aliphatic carbocycles. The zero-order valence-electron chi connectivity index (χ0n) is 16.6. The maximum Gasteiger partial charge on any atom is 0.191 e. The summed E-state index contributed by atoms with van der Waals surface area (Å²) in [6.45, 7) is 3.41. The molecule has 2 aromatic rings. The summed E-state index contributed by atoms with van der Waals surface area (Å²) in [5.74, 6) is 2.64. The van der Waals surface area contributed by atoms with Crippen molar-refractivity contribution in [3.8, 4) is 17.2 Å². The summed E-state index contributed by atoms with van der Waals surface area (Å²) in [6, 6.07) is 14.8. The van der Waals surface area contributed by atoms with Crippen LogP contribution in [-0.4, -0.2) is 44.1 Å². The van der Waals surface area contributed by atoms with Crippen LogP contribution >= 0.6 is 0 Å². The van der Waals surface area contributed by atoms with E-state index in [0.29, 0.717) is 13.2 Å². The highest BCUT2D eigenvalue weighted by atomic mass is 16.6. The number of ether oxygens (including phenoxy) is 3. The normalized spacial score (nSPS) is 30.0. The van der Waals surface area contributed by atoms with E-state index in [1.807, 2.05) is 6.07 Å². The van der Waals surface area contributed by atoms with E-state index in [2.05, 4.69) is 60.0 Å². The molecule has 1 atom stereocenters. The van der Waals surface area contributed by atoms with Crippen molar-refractivity contribution < 1.29 is 19.1 Å². The van der Waals surface area contributed by atoms with E-state index < -0.39 is 0 Å². The second kappa shape index (κ2) is 6.40. The third-order valence-corrected chi connectivity index (χ3v) is 6.56. The molecule has 4 heterocycles. The fraction of sp³-hybridized carbons (Fsp3) is 0.391. The predicted molar refractivity (Wildman–Crippen MR) is 109 cm³/mol. The molecular weight excluding hydrogens is 366 g/mol. The molecule has 1 spiro atoms. The Morgan fingerprint density at radius 1 is 1.00 bits per heavy atom. The predicted octanol–water partition coefficient (Wildman–Crippen LogP) is 1.76. The minimum absolute atomic E-state index is 0.154. The highest BCUT2D eigenvalue weighted by Crippen LogP contribution is 2.48. The fourth-order valence-corrected chi connectivity index (χ4v) is 4.91. The van der Waals surface area contributed by atoms with Crippen molar-refractivity contribution in [2.75, 3.05) is 33.4 Å². The van der Waals surface area contributed by atoms with Crippen molar-refractivity contribution in [3.05, 3.63) is 59.7 Å². The molecule has 0 aromatic heterocycles. The number of quaternary nitrogens is 1. The molecule has 0 unspecified atom stereocenters. The maximum absolute atomic E-state index is 6.67. The van der Waals surface area contributed by atoms with Crippen molar-refractivity contribution in [2.24, 2.45) is 0 Å². The summed E-state index contributed by atoms with van der Waals surface area (Å²) in [5.41, 5.74) is 6.80. The van der Waals surface area contributed by atoms with E-state index >= 15 is 0 Å². The van der Waals surface area contributed by atoms with Gasteiger partial charge < -0.3 is 24.5 Å². The average molecular weight is 392 g/mol. The quantitative estimate of drug-likeness (QED) is 0.775. The number of likely N-dealkylation sites (tertiary alicyclic amines) is 1. The lowest BCUT2D eigenvalue weighted by atomic mass is 9.93. The van der Waals surface area contributed by atoms with Crippen molar-refractivity contribution in [3.63, 3.8) is 0 Å². The van der Waals surface area contributed by atoms with Crippen molar-refractivity contribution >= 4 is 5.70 Å². The van der Waals surface area contributed by atoms with Gasteiger partial charge in [0.05, 0.1) is 44.7 Å². The molecule has 0 bridgehead atoms. The third kappa shape index (κ3) is 2.70. The van der Waals surface area contributed by atoms with Gasteiger partial charge in [0.25, 0.3) is 0 Å². The Morgan fingerprint density at radius 2 is 1.79 bits per heavy atom. The van der Waals surface area contributed by atoms with Crippen LogP contribution in [0.1, 0.15) is 30.0 Å². The Bertz CT molecular complexity index is 981. The summed E-state index contributed by atoms with van der Waals surface area (Å²) in [7, 11) is 2.26. The summed E-state index contributed by atoms with van der Waals surface area (Å²) in [6.07, 6.45) is 4.32. The molecule has 6 rings (SSSR count). The zero-order chi connectivity index (χ0) is 19.4. The number of para-hydroxylation sites is 1. The first-order chi connectivity index (χ1) is 14.2. The van der Waals surface area contributed by atoms with Gasteiger partial charge in [0.2, 0.25) is 0 Å². The smallest absolute Gasteiger partial charge is 0.191 e. The summed E-state index contributed by atoms with van der Waals surface area (Å²) in [5, 5.41) is 2.34. The fourth-order valence-electron chi connectivity index (χ4n) is 4.91. The lowest BCUT2D eigenvalue weighted by molar-refractivity contribution is -0.888. The van der Waals surface area contributed by atoms with E-state index in [1.165, 1.54) is 5.56 Å². The van der Waals surface area contributed by atoms with Crippen molar-refractivity contribution in [1.82, 2.24) is 10.4 Å². The SMILES string of the molecule is C[NH+]1CCC2(CC1)Oc1ccccc1[C@@H]1C=C(c3ccc4c(c3)OCCO4)NN12. The molecule has 2 aromatic carbocycles. The molecule has 0 radical (unpaired) electrons. The standard InChI is InChI=1S/C23H25N3O3/c1-25-10-8-23(9-11-25)26-19(17-4-2-3-5-20(17)29-23)15-18(24-26)16-6-7-21-22(14-16)28-13-12-27-21/h2-7,14-15,19,24H,8-13H2,1H3/p+1/t19-/m0/s1. The van der Waals surface area contributed by atoms with Gasteiger partial charge >= 0.3 is 0 Å². The Hall–Kier alpha value is -2.70. The van der Waals surface area contributed by atoms with Crippen molar-refractivity contribution in [2.45, 2.75) is 24.6 Å². The van der Waals surface area contributed by atoms with Crippen LogP contribution < -0.4 is 24.5 Å². The second-order valence-electron chi connectivity index (χ2n) is 8.41. The van der Waals surface area contributed by atoms with Crippen LogP contribution in [0.25, 0.3) is 5.70 Å². The van der Waals surface area contributed by atoms with E-state index in [4.69, 9.17) is 14.2 Å². The average Bonchev–Trinajstić information content (AvgIpc) is 3.22. The number of benzene rings is 2. The molecule has 1 saturated heterocycles. The van der Waals surface area contributed by atoms with Gasteiger partial charge in [-0.25, -0.2) is 0 Å². The molecule has 29 heavy (non-hydrogen) atoms. The number of nitrogens with zero attached hydrogens (tertiary/aromatic N) is 1. The summed E-state index contributed by atoms with van der Waals surface area (Å²) >= 11 is 0. The van der Waals surface area contributed by atoms with E-state index in [-0.39, 0.29) is 11.8 Å². The molecule has 6 heteroatoms. The first-order valence-corrected chi connectivity index (χ1v) is 10.5. The number of rotatable bonds is 1. The molecule has 1 fully saturated rings. The molecule has 0 amide bonds. The topological polar surface area (TPSA) is 47.4 Å². The highest BCUT2D eigenvalue weighted by molar-refractivity contribution is 5.70. The monoisotopic (exact) mass is 392 g/mol. The van der Waals surface area contributed by atoms with Crippen molar-refractivity contribution in [1.29, 1.82) is 0 Å². The van der Waals surface area contributed by atoms with Crippen LogP contribution in [0.5, 0.6) is 17.2 Å². The number of piperidine rings is 1. The van der Waals surface area contributed by atoms with E-state index in [1.54, 1.807) is 4.90 Å². The van der Waals surface area contributed by atoms with Gasteiger partial charge in [-0.1, -0.05) is 18.2 Å². The number of hydrogen-bond donors (Lipinski definition) is 2. The Balaban J connectivity index is 1.40. The van der Waals surface area contributed by atoms with Crippen LogP contribution in [0.3, 0.4) is 0 Å². The molecule has 150 valence electrons. The number of fused-ring (bicyclic) bond motifs is 5. The maximum atomic E-state index is 6.67. The van der Waals surface area contributed by atoms with Gasteiger partial charge in [-0.15, -0.1) is 0 Å². The zero-order valence-corrected chi connectivity index (χ0v) is 16.6. The lowest BCUT2D eigenvalue weighted by Gasteiger charge is -2.50. The van der Waals surface area contributed by atoms with Gasteiger partial charge in [-0.3, -0.25) is 0 Å². The first kappa shape index (κ1) is 17.2. The molecule has 4 aliphatic heterocycles. The van der Waals surface area contributed by atoms with Gasteiger partial charge in [0.1, 0.15) is 19.0 Å². The summed E-state index contributed by atoms with van der Waals surface area (Å²) < 4.78 is 18.2. The minimum atomic E-state index is -0.315. The first-order valence-electron chi connectivity index (χ1n) is 10.5. The molecule has 0 saturated carbocycles. The van der Waals surface area contributed by atoms with Crippen LogP contribution in [0.2, 0.25) is 0 Å². The summed E-state index contributed by atoms with van der Waals surface area (Å²) in [4.78, 5) is 1.56. The number of nitrogens with one attached hydrogen (secondary N) is 2. The van der Waals surface area contributed by atoms with Crippen LogP contribution in [-0.2, 0) is 0 Å². The highest BCUT2D eigenvalue weighted by Gasteiger charge is 2.52. The van der Waals surface area contributed by atoms with Crippen LogP contribution in [0.4, 0.5) is 0 Å². The van der Waals surface area contributed by atoms with Gasteiger partial charge in [-0.2, -0.15) is 5.01 Å². The second-order valence-corrected chi connectivity index (χ2v) is 8.41. The third-order valence-electron chi connectivity index (χ3n) is 6.56. The van der Waals surface area contributed by atoms with Crippen LogP contribution in [0.15, 0.2) is 48.5 Å². The van der Waals surface area contributed by atoms with Gasteiger partial charge in [0, 0.05) is 11.1 Å². The Morgan fingerprint density at radius 3 is 2.66 bits per heavy atom. The molecule has 4 aliphatic rings. The van der Waals surface area contributed by atoms with E-state index in [0.717, 1.165) is 54.4 Å². The molecule has 2 N–H and O–H groups in total. The minimum Gasteiger partial charge on any atom is -0.486 e. The lowest BCUT2D eigenvalue weighted by Crippen LogP contribution is -3.11. The van der Waals surface area contributed by atoms with Crippen LogP contribution in [0, 0.1) is 0 Å². The Kier molecular flexibility index (Phi) is 3.79. The number of hydrazine groups is 1. The number of hydrogen-bond acceptors (Lipinski definition) is 5. The Labute approximate surface area is 170 Å². The largest absolute Gasteiger partial charge is 0.486 e. The molecule has 6 nitrogen and oxygen atoms in total. The van der Waals surface area contributed by atoms with E-state index in [9.17, 15) is 0 Å². The van der Waals surface area contributed by atoms with Gasteiger partial charge in [-0.05, 0) is 30.3 Å².